The number of hydrogen-bond acceptors (Lipinski definition) is 3. The van der Waals surface area contributed by atoms with Crippen molar-refractivity contribution in [1.82, 2.24) is 10.2 Å². The highest BCUT2D eigenvalue weighted by molar-refractivity contribution is 6.05. The van der Waals surface area contributed by atoms with Gasteiger partial charge in [-0.2, -0.15) is 0 Å². The lowest BCUT2D eigenvalue weighted by molar-refractivity contribution is -0.143. The van der Waals surface area contributed by atoms with Gasteiger partial charge in [0, 0.05) is 12.1 Å². The van der Waals surface area contributed by atoms with Crippen LogP contribution in [0.3, 0.4) is 0 Å². The van der Waals surface area contributed by atoms with E-state index in [2.05, 4.69) is 12.2 Å². The maximum absolute atomic E-state index is 12.4. The number of nitrogens with one attached hydrogen (secondary N) is 1. The second-order valence-corrected chi connectivity index (χ2v) is 5.74. The molecule has 2 unspecified atom stereocenters. The van der Waals surface area contributed by atoms with Crippen molar-refractivity contribution >= 4 is 11.8 Å². The molecule has 4 heteroatoms. The highest BCUT2D eigenvalue weighted by atomic mass is 16.2. The summed E-state index contributed by atoms with van der Waals surface area (Å²) in [6.07, 6.45) is 7.36. The largest absolute Gasteiger partial charge is 0.314 e. The Morgan fingerprint density at radius 1 is 1.17 bits per heavy atom. The Hall–Kier alpha value is -1.16. The van der Waals surface area contributed by atoms with Gasteiger partial charge in [0.15, 0.2) is 0 Å². The number of piperidine rings is 1. The molecule has 2 fully saturated rings. The summed E-state index contributed by atoms with van der Waals surface area (Å²) in [6.45, 7) is 3.02. The van der Waals surface area contributed by atoms with Crippen molar-refractivity contribution in [3.63, 3.8) is 0 Å². The molecule has 2 heterocycles. The van der Waals surface area contributed by atoms with Crippen LogP contribution in [0.4, 0.5) is 0 Å². The summed E-state index contributed by atoms with van der Waals surface area (Å²) >= 11 is 0. The van der Waals surface area contributed by atoms with Gasteiger partial charge in [0.05, 0.1) is 11.8 Å². The molecule has 0 aromatic heterocycles. The summed E-state index contributed by atoms with van der Waals surface area (Å²) in [5.41, 5.74) is 0. The summed E-state index contributed by atoms with van der Waals surface area (Å²) in [4.78, 5) is 26.4. The van der Waals surface area contributed by atoms with Crippen molar-refractivity contribution in [3.05, 3.63) is 12.2 Å². The molecular formula is C14H20N2O2. The molecule has 0 radical (unpaired) electrons. The van der Waals surface area contributed by atoms with Crippen LogP contribution in [-0.2, 0) is 9.59 Å². The Labute approximate surface area is 107 Å². The van der Waals surface area contributed by atoms with Gasteiger partial charge in [-0.25, -0.2) is 0 Å². The molecule has 2 aliphatic heterocycles. The fourth-order valence-electron chi connectivity index (χ4n) is 3.53. The van der Waals surface area contributed by atoms with Crippen molar-refractivity contribution in [3.8, 4) is 0 Å². The smallest absolute Gasteiger partial charge is 0.233 e. The molecule has 0 bridgehead atoms. The fourth-order valence-corrected chi connectivity index (χ4v) is 3.53. The molecule has 2 saturated heterocycles. The van der Waals surface area contributed by atoms with Gasteiger partial charge in [0.2, 0.25) is 11.8 Å². The van der Waals surface area contributed by atoms with E-state index in [0.717, 1.165) is 32.2 Å². The first-order valence-corrected chi connectivity index (χ1v) is 6.93. The summed E-state index contributed by atoms with van der Waals surface area (Å²) in [6, 6.07) is 0.511. The van der Waals surface area contributed by atoms with Gasteiger partial charge in [0.1, 0.15) is 0 Å². The highest BCUT2D eigenvalue weighted by Gasteiger charge is 2.49. The van der Waals surface area contributed by atoms with Crippen molar-refractivity contribution in [2.75, 3.05) is 6.54 Å². The molecule has 0 spiro atoms. The number of rotatable bonds is 1. The Balaban J connectivity index is 1.80. The van der Waals surface area contributed by atoms with Gasteiger partial charge in [-0.1, -0.05) is 12.2 Å². The molecule has 98 valence electrons. The molecule has 2 amide bonds. The van der Waals surface area contributed by atoms with Crippen molar-refractivity contribution in [2.45, 2.75) is 44.7 Å². The van der Waals surface area contributed by atoms with Gasteiger partial charge in [-0.3, -0.25) is 14.5 Å². The van der Waals surface area contributed by atoms with E-state index >= 15 is 0 Å². The number of carbonyl (C=O) groups excluding carboxylic acids is 2. The first-order chi connectivity index (χ1) is 8.68. The van der Waals surface area contributed by atoms with Gasteiger partial charge in [0.25, 0.3) is 0 Å². The number of fused-ring (bicyclic) bond motifs is 1. The lowest BCUT2D eigenvalue weighted by Gasteiger charge is -2.33. The average molecular weight is 248 g/mol. The predicted octanol–water partition coefficient (Wildman–Crippen LogP) is 1.08. The Bertz CT molecular complexity index is 379. The maximum Gasteiger partial charge on any atom is 0.233 e. The van der Waals surface area contributed by atoms with Crippen molar-refractivity contribution in [2.24, 2.45) is 11.8 Å². The van der Waals surface area contributed by atoms with Crippen LogP contribution >= 0.6 is 0 Å². The number of imide groups is 1. The number of likely N-dealkylation sites (tertiary alicyclic amines) is 1. The van der Waals surface area contributed by atoms with E-state index in [1.54, 1.807) is 4.90 Å². The maximum atomic E-state index is 12.4. The molecule has 3 aliphatic rings. The monoisotopic (exact) mass is 248 g/mol. The first-order valence-electron chi connectivity index (χ1n) is 6.93. The molecule has 0 saturated carbocycles. The lowest BCUT2D eigenvalue weighted by atomic mass is 9.85. The quantitative estimate of drug-likeness (QED) is 0.558. The van der Waals surface area contributed by atoms with Gasteiger partial charge in [-0.05, 0) is 39.2 Å². The van der Waals surface area contributed by atoms with Gasteiger partial charge in [-0.15, -0.1) is 0 Å². The Morgan fingerprint density at radius 2 is 1.78 bits per heavy atom. The summed E-state index contributed by atoms with van der Waals surface area (Å²) in [5.74, 6) is 0.00211. The van der Waals surface area contributed by atoms with E-state index in [1.807, 2.05) is 12.2 Å². The number of nitrogens with zero attached hydrogens (tertiary/aromatic N) is 1. The zero-order chi connectivity index (χ0) is 12.7. The van der Waals surface area contributed by atoms with E-state index in [4.69, 9.17) is 0 Å². The third-order valence-corrected chi connectivity index (χ3v) is 4.50. The second kappa shape index (κ2) is 4.50. The minimum atomic E-state index is -0.0762. The summed E-state index contributed by atoms with van der Waals surface area (Å²) in [7, 11) is 0. The predicted molar refractivity (Wildman–Crippen MR) is 67.7 cm³/mol. The fraction of sp³-hybridized carbons (Fsp3) is 0.714. The minimum absolute atomic E-state index is 0.0762. The normalized spacial score (nSPS) is 40.2. The standard InChI is InChI=1S/C14H20N2O2/c1-9-8-10(6-7-15-9)16-13(17)11-4-2-3-5-12(11)14(16)18/h2-3,9-12,15H,4-8H2,1H3/t9?,10?,11-,12+. The van der Waals surface area contributed by atoms with Crippen LogP contribution in [0.5, 0.6) is 0 Å². The van der Waals surface area contributed by atoms with Crippen LogP contribution in [0.2, 0.25) is 0 Å². The zero-order valence-corrected chi connectivity index (χ0v) is 10.8. The van der Waals surface area contributed by atoms with Crippen molar-refractivity contribution in [1.29, 1.82) is 0 Å². The van der Waals surface area contributed by atoms with Crippen LogP contribution in [0.1, 0.15) is 32.6 Å². The number of allylic oxidation sites excluding steroid dienone is 2. The first kappa shape index (κ1) is 11.9. The molecule has 0 aromatic carbocycles. The van der Waals surface area contributed by atoms with Crippen LogP contribution in [0.25, 0.3) is 0 Å². The van der Waals surface area contributed by atoms with E-state index in [0.29, 0.717) is 6.04 Å². The molecular weight excluding hydrogens is 228 g/mol. The molecule has 4 nitrogen and oxygen atoms in total. The summed E-state index contributed by atoms with van der Waals surface area (Å²) < 4.78 is 0. The SMILES string of the molecule is CC1CC(N2C(=O)[C@H]3CC=CC[C@H]3C2=O)CCN1. The van der Waals surface area contributed by atoms with Crippen LogP contribution in [0, 0.1) is 11.8 Å². The van der Waals surface area contributed by atoms with E-state index in [9.17, 15) is 9.59 Å². The third-order valence-electron chi connectivity index (χ3n) is 4.50. The Kier molecular flexibility index (Phi) is 2.98. The van der Waals surface area contributed by atoms with Crippen LogP contribution in [0.15, 0.2) is 12.2 Å². The minimum Gasteiger partial charge on any atom is -0.314 e. The summed E-state index contributed by atoms with van der Waals surface area (Å²) in [5, 5.41) is 3.37. The lowest BCUT2D eigenvalue weighted by Crippen LogP contribution is -2.49. The van der Waals surface area contributed by atoms with Gasteiger partial charge >= 0.3 is 0 Å². The van der Waals surface area contributed by atoms with E-state index in [1.165, 1.54) is 0 Å². The van der Waals surface area contributed by atoms with Crippen LogP contribution < -0.4 is 5.32 Å². The molecule has 18 heavy (non-hydrogen) atoms. The number of carbonyl (C=O) groups is 2. The van der Waals surface area contributed by atoms with Gasteiger partial charge < -0.3 is 5.32 Å². The van der Waals surface area contributed by atoms with E-state index < -0.39 is 0 Å². The Morgan fingerprint density at radius 3 is 2.33 bits per heavy atom. The highest BCUT2D eigenvalue weighted by Crippen LogP contribution is 2.37. The molecule has 1 N–H and O–H groups in total. The topological polar surface area (TPSA) is 49.4 Å². The average Bonchev–Trinajstić information content (AvgIpc) is 2.63. The molecule has 1 aliphatic carbocycles. The molecule has 0 aromatic rings. The third kappa shape index (κ3) is 1.79. The number of amides is 2. The number of hydrogen-bond donors (Lipinski definition) is 1. The second-order valence-electron chi connectivity index (χ2n) is 5.74. The van der Waals surface area contributed by atoms with E-state index in [-0.39, 0.29) is 29.7 Å². The molecule has 4 atom stereocenters. The van der Waals surface area contributed by atoms with Crippen LogP contribution in [-0.4, -0.2) is 35.3 Å². The van der Waals surface area contributed by atoms with Crippen molar-refractivity contribution < 1.29 is 9.59 Å². The molecule has 3 rings (SSSR count). The zero-order valence-electron chi connectivity index (χ0n) is 10.8.